The summed E-state index contributed by atoms with van der Waals surface area (Å²) in [6.45, 7) is 7.93. The van der Waals surface area contributed by atoms with E-state index < -0.39 is 0 Å². The zero-order valence-corrected chi connectivity index (χ0v) is 10.3. The van der Waals surface area contributed by atoms with Crippen LogP contribution >= 0.6 is 0 Å². The first-order valence-corrected chi connectivity index (χ1v) is 5.15. The first kappa shape index (κ1) is 11.5. The quantitative estimate of drug-likeness (QED) is 0.593. The zero-order valence-electron chi connectivity index (χ0n) is 7.33. The summed E-state index contributed by atoms with van der Waals surface area (Å²) in [5.74, 6) is 0.570. The van der Waals surface area contributed by atoms with E-state index in [1.165, 1.54) is 23.3 Å². The van der Waals surface area contributed by atoms with Gasteiger partial charge in [-0.1, -0.05) is 0 Å². The Morgan fingerprint density at radius 2 is 2.08 bits per heavy atom. The summed E-state index contributed by atoms with van der Waals surface area (Å²) in [5.41, 5.74) is 0.629. The molecule has 0 aromatic rings. The van der Waals surface area contributed by atoms with Crippen LogP contribution in [0.15, 0.2) is 24.4 Å². The number of carbonyl (C=O) groups is 1. The molecule has 66 valence electrons. The van der Waals surface area contributed by atoms with Gasteiger partial charge in [0.25, 0.3) is 0 Å². The van der Waals surface area contributed by atoms with Crippen LogP contribution in [0.1, 0.15) is 13.8 Å². The van der Waals surface area contributed by atoms with E-state index in [-0.39, 0.29) is 0 Å². The molecule has 0 aromatic heterocycles. The van der Waals surface area contributed by atoms with E-state index in [1.807, 2.05) is 12.2 Å². The molecule has 0 unspecified atom stereocenters. The molecule has 12 heavy (non-hydrogen) atoms. The second-order valence-corrected chi connectivity index (χ2v) is 4.37. The van der Waals surface area contributed by atoms with Gasteiger partial charge in [0, 0.05) is 0 Å². The summed E-state index contributed by atoms with van der Waals surface area (Å²) in [6.07, 6.45) is 4.44. The molecule has 0 fully saturated rings. The van der Waals surface area contributed by atoms with Crippen molar-refractivity contribution in [3.8, 4) is 0 Å². The molecule has 3 heteroatoms. The molecule has 1 N–H and O–H groups in total. The maximum atomic E-state index is 9.99. The molecular formula is C9H13NOW. The van der Waals surface area contributed by atoms with Crippen LogP contribution in [-0.2, 0) is 24.1 Å². The van der Waals surface area contributed by atoms with Gasteiger partial charge in [-0.15, -0.1) is 0 Å². The molecular weight excluding hydrogens is 322 g/mol. The Hall–Kier alpha value is -0.492. The van der Waals surface area contributed by atoms with E-state index in [2.05, 4.69) is 25.7 Å². The average Bonchev–Trinajstić information content (AvgIpc) is 2.00. The molecule has 0 aliphatic rings. The first-order chi connectivity index (χ1) is 5.57. The SMILES string of the molecule is C=C(/C=C\[C](=[W])C(C)C)NC=O. The minimum absolute atomic E-state index is 0.570. The number of amides is 1. The van der Waals surface area contributed by atoms with Crippen molar-refractivity contribution in [3.05, 3.63) is 24.4 Å². The van der Waals surface area contributed by atoms with Gasteiger partial charge < -0.3 is 0 Å². The number of hydrogen-bond donors (Lipinski definition) is 1. The van der Waals surface area contributed by atoms with E-state index in [9.17, 15) is 4.79 Å². The summed E-state index contributed by atoms with van der Waals surface area (Å²) in [7, 11) is 0. The van der Waals surface area contributed by atoms with E-state index in [0.29, 0.717) is 18.0 Å². The molecule has 0 aliphatic heterocycles. The van der Waals surface area contributed by atoms with Crippen LogP contribution in [0.2, 0.25) is 0 Å². The van der Waals surface area contributed by atoms with Crippen LogP contribution in [-0.4, -0.2) is 10.3 Å². The summed E-state index contributed by atoms with van der Waals surface area (Å²) < 4.78 is 1.35. The Kier molecular flexibility index (Phi) is 5.82. The molecule has 2 nitrogen and oxygen atoms in total. The van der Waals surface area contributed by atoms with Crippen molar-refractivity contribution in [2.75, 3.05) is 0 Å². The van der Waals surface area contributed by atoms with E-state index in [4.69, 9.17) is 0 Å². The maximum absolute atomic E-state index is 9.99. The summed E-state index contributed by atoms with van der Waals surface area (Å²) in [6, 6.07) is 0. The molecule has 0 spiro atoms. The van der Waals surface area contributed by atoms with Crippen molar-refractivity contribution in [1.29, 1.82) is 0 Å². The van der Waals surface area contributed by atoms with Gasteiger partial charge in [0.05, 0.1) is 0 Å². The average molecular weight is 335 g/mol. The topological polar surface area (TPSA) is 29.1 Å². The van der Waals surface area contributed by atoms with Crippen molar-refractivity contribution in [2.45, 2.75) is 13.8 Å². The molecule has 0 heterocycles. The Labute approximate surface area is 84.1 Å². The molecule has 0 rings (SSSR count). The van der Waals surface area contributed by atoms with Crippen LogP contribution in [0.4, 0.5) is 0 Å². The van der Waals surface area contributed by atoms with Gasteiger partial charge >= 0.3 is 84.0 Å². The molecule has 1 amide bonds. The van der Waals surface area contributed by atoms with Gasteiger partial charge in [-0.2, -0.15) is 0 Å². The molecule has 0 radical (unpaired) electrons. The van der Waals surface area contributed by atoms with Gasteiger partial charge in [-0.3, -0.25) is 0 Å². The Morgan fingerprint density at radius 1 is 1.50 bits per heavy atom. The normalized spacial score (nSPS) is 10.2. The fraction of sp³-hybridized carbons (Fsp3) is 0.333. The number of nitrogens with one attached hydrogen (secondary N) is 1. The summed E-state index contributed by atoms with van der Waals surface area (Å²) in [4.78, 5) is 9.99. The van der Waals surface area contributed by atoms with Crippen LogP contribution in [0.25, 0.3) is 0 Å². The molecule has 0 saturated carbocycles. The third kappa shape index (κ3) is 5.20. The molecule has 0 aliphatic carbocycles. The van der Waals surface area contributed by atoms with Gasteiger partial charge in [0.15, 0.2) is 0 Å². The van der Waals surface area contributed by atoms with Gasteiger partial charge in [-0.05, 0) is 0 Å². The predicted octanol–water partition coefficient (Wildman–Crippen LogP) is 1.18. The summed E-state index contributed by atoms with van der Waals surface area (Å²) >= 11 is 1.45. The second kappa shape index (κ2) is 6.07. The number of rotatable bonds is 5. The Bertz CT molecular complexity index is 219. The van der Waals surface area contributed by atoms with Gasteiger partial charge in [0.1, 0.15) is 0 Å². The Morgan fingerprint density at radius 3 is 2.50 bits per heavy atom. The van der Waals surface area contributed by atoms with Gasteiger partial charge in [0.2, 0.25) is 0 Å². The minimum atomic E-state index is 0.570. The molecule has 0 bridgehead atoms. The number of carbonyl (C=O) groups excluding carboxylic acids is 1. The van der Waals surface area contributed by atoms with Crippen LogP contribution in [0.3, 0.4) is 0 Å². The van der Waals surface area contributed by atoms with Crippen LogP contribution in [0.5, 0.6) is 0 Å². The third-order valence-electron chi connectivity index (χ3n) is 1.26. The molecule has 0 saturated heterocycles. The number of allylic oxidation sites excluding steroid dienone is 2. The fourth-order valence-corrected chi connectivity index (χ4v) is 0.743. The monoisotopic (exact) mass is 335 g/mol. The number of hydrogen-bond acceptors (Lipinski definition) is 1. The van der Waals surface area contributed by atoms with Crippen molar-refractivity contribution in [1.82, 2.24) is 5.32 Å². The van der Waals surface area contributed by atoms with E-state index in [1.54, 1.807) is 0 Å². The van der Waals surface area contributed by atoms with E-state index >= 15 is 0 Å². The standard InChI is InChI=1S/C9H13NO.W/c1-8(2)5-4-6-9(3)10-7-11;/h4,6-8H,3H2,1-2H3,(H,10,11);/b6-4-;. The van der Waals surface area contributed by atoms with E-state index in [0.717, 1.165) is 0 Å². The Balaban J connectivity index is 3.97. The first-order valence-electron chi connectivity index (χ1n) is 3.69. The van der Waals surface area contributed by atoms with Crippen LogP contribution < -0.4 is 5.32 Å². The second-order valence-electron chi connectivity index (χ2n) is 2.68. The molecule has 0 aromatic carbocycles. The zero-order chi connectivity index (χ0) is 9.56. The van der Waals surface area contributed by atoms with Crippen molar-refractivity contribution >= 4 is 10.3 Å². The fourth-order valence-electron chi connectivity index (χ4n) is 0.499. The van der Waals surface area contributed by atoms with Crippen molar-refractivity contribution in [2.24, 2.45) is 5.92 Å². The molecule has 0 atom stereocenters. The van der Waals surface area contributed by atoms with Crippen molar-refractivity contribution < 1.29 is 24.1 Å². The van der Waals surface area contributed by atoms with Crippen LogP contribution in [0, 0.1) is 5.92 Å². The predicted molar refractivity (Wildman–Crippen MR) is 47.3 cm³/mol. The van der Waals surface area contributed by atoms with Crippen molar-refractivity contribution in [3.63, 3.8) is 0 Å². The summed E-state index contributed by atoms with van der Waals surface area (Å²) in [5, 5.41) is 2.47. The van der Waals surface area contributed by atoms with Gasteiger partial charge in [-0.25, -0.2) is 0 Å². The third-order valence-corrected chi connectivity index (χ3v) is 3.44.